The van der Waals surface area contributed by atoms with Crippen LogP contribution in [-0.4, -0.2) is 70.1 Å². The minimum atomic E-state index is 0.0985. The van der Waals surface area contributed by atoms with E-state index in [4.69, 9.17) is 9.72 Å². The molecule has 4 heterocycles. The first kappa shape index (κ1) is 21.0. The highest BCUT2D eigenvalue weighted by atomic mass is 16.5. The van der Waals surface area contributed by atoms with Crippen LogP contribution in [0.2, 0.25) is 0 Å². The van der Waals surface area contributed by atoms with E-state index in [0.29, 0.717) is 5.82 Å². The summed E-state index contributed by atoms with van der Waals surface area (Å²) in [5.74, 6) is 1.55. The van der Waals surface area contributed by atoms with Crippen LogP contribution in [0.3, 0.4) is 0 Å². The topological polar surface area (TPSA) is 91.6 Å². The van der Waals surface area contributed by atoms with Crippen molar-refractivity contribution in [3.63, 3.8) is 0 Å². The van der Waals surface area contributed by atoms with Gasteiger partial charge in [-0.25, -0.2) is 15.0 Å². The number of aliphatic hydroxyl groups excluding tert-OH is 1. The predicted octanol–water partition coefficient (Wildman–Crippen LogP) is 2.95. The second kappa shape index (κ2) is 8.91. The quantitative estimate of drug-likeness (QED) is 0.608. The molecule has 2 aliphatic rings. The zero-order chi connectivity index (χ0) is 22.1. The molecule has 32 heavy (non-hydrogen) atoms. The number of fused-ring (bicyclic) bond motifs is 1. The summed E-state index contributed by atoms with van der Waals surface area (Å²) in [5.41, 5.74) is 3.71. The third-order valence-electron chi connectivity index (χ3n) is 6.33. The number of nitrogens with zero attached hydrogens (tertiary/aromatic N) is 6. The first-order valence-electron chi connectivity index (χ1n) is 11.5. The third kappa shape index (κ3) is 3.86. The van der Waals surface area contributed by atoms with Crippen molar-refractivity contribution in [3.05, 3.63) is 30.6 Å². The normalized spacial score (nSPS) is 19.3. The van der Waals surface area contributed by atoms with E-state index in [1.807, 2.05) is 0 Å². The fourth-order valence-corrected chi connectivity index (χ4v) is 4.67. The smallest absolute Gasteiger partial charge is 0.208 e. The molecule has 9 nitrogen and oxygen atoms in total. The lowest BCUT2D eigenvalue weighted by Gasteiger charge is -2.28. The molecule has 2 N–H and O–H groups in total. The first-order chi connectivity index (χ1) is 15.7. The average molecular weight is 438 g/mol. The molecule has 2 aliphatic heterocycles. The number of benzene rings is 1. The second-order valence-electron chi connectivity index (χ2n) is 8.71. The minimum Gasteiger partial charge on any atom is -0.394 e. The summed E-state index contributed by atoms with van der Waals surface area (Å²) < 4.78 is 7.60. The predicted molar refractivity (Wildman–Crippen MR) is 126 cm³/mol. The van der Waals surface area contributed by atoms with Crippen molar-refractivity contribution in [1.82, 2.24) is 19.5 Å². The number of aliphatic hydroxyl groups is 1. The van der Waals surface area contributed by atoms with Crippen molar-refractivity contribution in [2.45, 2.75) is 38.8 Å². The van der Waals surface area contributed by atoms with Gasteiger partial charge in [-0.2, -0.15) is 0 Å². The van der Waals surface area contributed by atoms with Gasteiger partial charge in [0.2, 0.25) is 5.95 Å². The molecule has 5 rings (SSSR count). The molecule has 0 radical (unpaired) electrons. The molecule has 1 aromatic carbocycles. The molecule has 2 fully saturated rings. The van der Waals surface area contributed by atoms with Crippen molar-refractivity contribution in [1.29, 1.82) is 0 Å². The summed E-state index contributed by atoms with van der Waals surface area (Å²) in [5, 5.41) is 13.3. The van der Waals surface area contributed by atoms with Crippen molar-refractivity contribution >= 4 is 34.3 Å². The largest absolute Gasteiger partial charge is 0.394 e. The van der Waals surface area contributed by atoms with Gasteiger partial charge in [-0.15, -0.1) is 0 Å². The Morgan fingerprint density at radius 2 is 1.91 bits per heavy atom. The van der Waals surface area contributed by atoms with E-state index < -0.39 is 0 Å². The summed E-state index contributed by atoms with van der Waals surface area (Å²) in [4.78, 5) is 18.6. The van der Waals surface area contributed by atoms with Gasteiger partial charge in [0, 0.05) is 37.1 Å². The van der Waals surface area contributed by atoms with Crippen LogP contribution in [0.25, 0.3) is 11.2 Å². The summed E-state index contributed by atoms with van der Waals surface area (Å²) >= 11 is 0. The van der Waals surface area contributed by atoms with Crippen LogP contribution in [0.15, 0.2) is 30.6 Å². The number of anilines is 4. The number of hydrogen-bond donors (Lipinski definition) is 2. The van der Waals surface area contributed by atoms with Gasteiger partial charge in [-0.1, -0.05) is 0 Å². The van der Waals surface area contributed by atoms with Crippen molar-refractivity contribution in [2.75, 3.05) is 54.6 Å². The first-order valence-corrected chi connectivity index (χ1v) is 11.5. The van der Waals surface area contributed by atoms with Crippen LogP contribution < -0.4 is 15.1 Å². The Morgan fingerprint density at radius 1 is 1.12 bits per heavy atom. The lowest BCUT2D eigenvalue weighted by atomic mass is 10.2. The maximum Gasteiger partial charge on any atom is 0.208 e. The Hall–Kier alpha value is -2.91. The van der Waals surface area contributed by atoms with E-state index in [2.05, 4.69) is 67.8 Å². The van der Waals surface area contributed by atoms with E-state index in [9.17, 15) is 5.11 Å². The maximum absolute atomic E-state index is 9.84. The number of nitrogens with one attached hydrogen (secondary N) is 1. The maximum atomic E-state index is 9.84. The van der Waals surface area contributed by atoms with Gasteiger partial charge in [0.1, 0.15) is 6.33 Å². The number of imidazole rings is 1. The monoisotopic (exact) mass is 437 g/mol. The molecule has 0 amide bonds. The van der Waals surface area contributed by atoms with Crippen LogP contribution >= 0.6 is 0 Å². The van der Waals surface area contributed by atoms with Crippen LogP contribution in [-0.2, 0) is 4.74 Å². The molecule has 2 aromatic heterocycles. The number of aromatic nitrogens is 4. The van der Waals surface area contributed by atoms with E-state index in [-0.39, 0.29) is 18.7 Å². The zero-order valence-corrected chi connectivity index (χ0v) is 18.7. The molecule has 1 atom stereocenters. The van der Waals surface area contributed by atoms with Gasteiger partial charge in [0.15, 0.2) is 17.0 Å². The summed E-state index contributed by atoms with van der Waals surface area (Å²) in [6.45, 7) is 8.67. The molecule has 1 unspecified atom stereocenters. The van der Waals surface area contributed by atoms with Gasteiger partial charge in [0.05, 0.1) is 25.9 Å². The Kier molecular flexibility index (Phi) is 5.84. The Labute approximate surface area is 188 Å². The highest BCUT2D eigenvalue weighted by Crippen LogP contribution is 2.33. The Bertz CT molecular complexity index is 1060. The van der Waals surface area contributed by atoms with Crippen LogP contribution in [0.5, 0.6) is 0 Å². The van der Waals surface area contributed by atoms with Crippen molar-refractivity contribution in [2.24, 2.45) is 0 Å². The standard InChI is InChI=1S/C23H31N7O2/c1-16(2)30-22-20(27-23(30)29-9-3-4-19(29)14-31)21(24-15-25-22)26-17-5-7-18(8-6-17)28-10-12-32-13-11-28/h5-8,15-16,19,31H,3-4,9-14H2,1-2H3,(H,24,25,26). The van der Waals surface area contributed by atoms with Crippen LogP contribution in [0.1, 0.15) is 32.7 Å². The highest BCUT2D eigenvalue weighted by Gasteiger charge is 2.30. The lowest BCUT2D eigenvalue weighted by molar-refractivity contribution is 0.122. The van der Waals surface area contributed by atoms with E-state index in [0.717, 1.165) is 68.5 Å². The van der Waals surface area contributed by atoms with E-state index in [1.165, 1.54) is 5.69 Å². The van der Waals surface area contributed by atoms with Gasteiger partial charge in [0.25, 0.3) is 0 Å². The summed E-state index contributed by atoms with van der Waals surface area (Å²) in [6, 6.07) is 8.68. The van der Waals surface area contributed by atoms with Gasteiger partial charge in [-0.05, 0) is 51.0 Å². The van der Waals surface area contributed by atoms with Gasteiger partial charge in [-0.3, -0.25) is 4.57 Å². The average Bonchev–Trinajstić information content (AvgIpc) is 3.45. The van der Waals surface area contributed by atoms with Crippen LogP contribution in [0, 0.1) is 0 Å². The van der Waals surface area contributed by atoms with E-state index >= 15 is 0 Å². The van der Waals surface area contributed by atoms with Crippen LogP contribution in [0.4, 0.5) is 23.1 Å². The lowest BCUT2D eigenvalue weighted by Crippen LogP contribution is -2.36. The number of ether oxygens (including phenoxy) is 1. The number of morpholine rings is 1. The molecule has 3 aromatic rings. The van der Waals surface area contributed by atoms with Crippen molar-refractivity contribution in [3.8, 4) is 0 Å². The molecule has 9 heteroatoms. The molecule has 2 saturated heterocycles. The molecule has 0 saturated carbocycles. The number of rotatable bonds is 6. The van der Waals surface area contributed by atoms with Gasteiger partial charge >= 0.3 is 0 Å². The zero-order valence-electron chi connectivity index (χ0n) is 18.7. The van der Waals surface area contributed by atoms with Crippen molar-refractivity contribution < 1.29 is 9.84 Å². The Morgan fingerprint density at radius 3 is 2.62 bits per heavy atom. The molecule has 170 valence electrons. The highest BCUT2D eigenvalue weighted by molar-refractivity contribution is 5.87. The Balaban J connectivity index is 1.46. The van der Waals surface area contributed by atoms with E-state index in [1.54, 1.807) is 6.33 Å². The molecule has 0 bridgehead atoms. The molecular formula is C23H31N7O2. The number of hydrogen-bond acceptors (Lipinski definition) is 8. The summed E-state index contributed by atoms with van der Waals surface area (Å²) in [6.07, 6.45) is 3.62. The minimum absolute atomic E-state index is 0.0985. The molecular weight excluding hydrogens is 406 g/mol. The fourth-order valence-electron chi connectivity index (χ4n) is 4.67. The molecule has 0 spiro atoms. The molecule has 0 aliphatic carbocycles. The fraction of sp³-hybridized carbons (Fsp3) is 0.522. The van der Waals surface area contributed by atoms with Gasteiger partial charge < -0.3 is 25.0 Å². The third-order valence-corrected chi connectivity index (χ3v) is 6.33. The second-order valence-corrected chi connectivity index (χ2v) is 8.71. The SMILES string of the molecule is CC(C)n1c(N2CCCC2CO)nc2c(Nc3ccc(N4CCOCC4)cc3)ncnc21. The summed E-state index contributed by atoms with van der Waals surface area (Å²) in [7, 11) is 0.